The molecule has 0 radical (unpaired) electrons. The zero-order valence-corrected chi connectivity index (χ0v) is 9.37. The van der Waals surface area contributed by atoms with Crippen LogP contribution in [-0.2, 0) is 7.05 Å². The molecule has 0 saturated carbocycles. The van der Waals surface area contributed by atoms with E-state index in [0.717, 1.165) is 12.1 Å². The van der Waals surface area contributed by atoms with Crippen LogP contribution in [0.25, 0.3) is 0 Å². The average Bonchev–Trinajstić information content (AvgIpc) is 2.61. The number of rotatable bonds is 2. The van der Waals surface area contributed by atoms with Crippen LogP contribution in [0.15, 0.2) is 24.4 Å². The van der Waals surface area contributed by atoms with E-state index in [1.165, 1.54) is 10.7 Å². The molecular formula is C12H10F2N2O. The first-order valence-corrected chi connectivity index (χ1v) is 4.99. The largest absolute Gasteiger partial charge is 0.288 e. The molecule has 2 aromatic rings. The Labute approximate surface area is 96.7 Å². The number of nitrogens with zero attached hydrogens (tertiary/aromatic N) is 2. The van der Waals surface area contributed by atoms with E-state index < -0.39 is 11.6 Å². The number of halogens is 2. The lowest BCUT2D eigenvalue weighted by atomic mass is 10.0. The van der Waals surface area contributed by atoms with Crippen molar-refractivity contribution in [3.63, 3.8) is 0 Å². The highest BCUT2D eigenvalue weighted by atomic mass is 19.2. The summed E-state index contributed by atoms with van der Waals surface area (Å²) in [6.45, 7) is 1.69. The van der Waals surface area contributed by atoms with Gasteiger partial charge in [0.15, 0.2) is 17.4 Å². The maximum atomic E-state index is 13.0. The van der Waals surface area contributed by atoms with Crippen LogP contribution >= 0.6 is 0 Å². The van der Waals surface area contributed by atoms with Crippen molar-refractivity contribution in [2.24, 2.45) is 7.05 Å². The molecule has 1 heterocycles. The van der Waals surface area contributed by atoms with E-state index in [1.807, 2.05) is 0 Å². The van der Waals surface area contributed by atoms with Crippen LogP contribution in [0.3, 0.4) is 0 Å². The van der Waals surface area contributed by atoms with Crippen molar-refractivity contribution in [3.05, 3.63) is 52.9 Å². The van der Waals surface area contributed by atoms with Gasteiger partial charge in [-0.25, -0.2) is 8.78 Å². The van der Waals surface area contributed by atoms with Gasteiger partial charge in [-0.2, -0.15) is 5.10 Å². The highest BCUT2D eigenvalue weighted by Crippen LogP contribution is 2.15. The number of hydrogen-bond donors (Lipinski definition) is 0. The summed E-state index contributed by atoms with van der Waals surface area (Å²) in [4.78, 5) is 12.0. The van der Waals surface area contributed by atoms with Gasteiger partial charge in [0.05, 0.1) is 11.3 Å². The molecule has 0 N–H and O–H groups in total. The molecule has 0 spiro atoms. The average molecular weight is 236 g/mol. The van der Waals surface area contributed by atoms with Crippen molar-refractivity contribution in [1.29, 1.82) is 0 Å². The van der Waals surface area contributed by atoms with Crippen LogP contribution in [0.4, 0.5) is 8.78 Å². The summed E-state index contributed by atoms with van der Waals surface area (Å²) in [7, 11) is 1.69. The van der Waals surface area contributed by atoms with Gasteiger partial charge in [-0.1, -0.05) is 0 Å². The number of hydrogen-bond acceptors (Lipinski definition) is 2. The SMILES string of the molecule is Cc1nn(C)cc1C(=O)c1ccc(F)c(F)c1. The Morgan fingerprint density at radius 2 is 2.00 bits per heavy atom. The zero-order chi connectivity index (χ0) is 12.6. The molecule has 0 atom stereocenters. The van der Waals surface area contributed by atoms with E-state index in [1.54, 1.807) is 20.2 Å². The van der Waals surface area contributed by atoms with Crippen LogP contribution in [0.5, 0.6) is 0 Å². The Morgan fingerprint density at radius 3 is 2.53 bits per heavy atom. The molecule has 1 aromatic heterocycles. The van der Waals surface area contributed by atoms with Crippen molar-refractivity contribution in [2.45, 2.75) is 6.92 Å². The van der Waals surface area contributed by atoms with E-state index in [0.29, 0.717) is 11.3 Å². The van der Waals surface area contributed by atoms with Gasteiger partial charge in [-0.05, 0) is 25.1 Å². The molecule has 3 nitrogen and oxygen atoms in total. The van der Waals surface area contributed by atoms with E-state index in [-0.39, 0.29) is 11.3 Å². The maximum Gasteiger partial charge on any atom is 0.196 e. The van der Waals surface area contributed by atoms with Crippen LogP contribution in [-0.4, -0.2) is 15.6 Å². The highest BCUT2D eigenvalue weighted by Gasteiger charge is 2.16. The van der Waals surface area contributed by atoms with Crippen molar-refractivity contribution < 1.29 is 13.6 Å². The quantitative estimate of drug-likeness (QED) is 0.749. The first-order chi connectivity index (χ1) is 7.99. The summed E-state index contributed by atoms with van der Waals surface area (Å²) < 4.78 is 27.3. The minimum Gasteiger partial charge on any atom is -0.288 e. The molecule has 88 valence electrons. The summed E-state index contributed by atoms with van der Waals surface area (Å²) in [5.41, 5.74) is 1.06. The molecule has 0 amide bonds. The van der Waals surface area contributed by atoms with Gasteiger partial charge in [0.2, 0.25) is 0 Å². The van der Waals surface area contributed by atoms with Gasteiger partial charge >= 0.3 is 0 Å². The van der Waals surface area contributed by atoms with Gasteiger partial charge < -0.3 is 0 Å². The molecule has 2 rings (SSSR count). The van der Waals surface area contributed by atoms with E-state index in [2.05, 4.69) is 5.10 Å². The smallest absolute Gasteiger partial charge is 0.196 e. The first-order valence-electron chi connectivity index (χ1n) is 4.99. The zero-order valence-electron chi connectivity index (χ0n) is 9.37. The number of carbonyl (C=O) groups is 1. The standard InChI is InChI=1S/C12H10F2N2O/c1-7-9(6-16(2)15-7)12(17)8-3-4-10(13)11(14)5-8/h3-6H,1-2H3. The van der Waals surface area contributed by atoms with Crippen LogP contribution in [0, 0.1) is 18.6 Å². The lowest BCUT2D eigenvalue weighted by molar-refractivity contribution is 0.103. The van der Waals surface area contributed by atoms with Gasteiger partial charge in [0.25, 0.3) is 0 Å². The molecule has 0 saturated heterocycles. The Morgan fingerprint density at radius 1 is 1.29 bits per heavy atom. The van der Waals surface area contributed by atoms with Crippen LogP contribution in [0.2, 0.25) is 0 Å². The Kier molecular flexibility index (Phi) is 2.75. The van der Waals surface area contributed by atoms with Crippen molar-refractivity contribution >= 4 is 5.78 Å². The fourth-order valence-electron chi connectivity index (χ4n) is 1.62. The summed E-state index contributed by atoms with van der Waals surface area (Å²) in [5, 5.41) is 4.03. The molecule has 0 aliphatic rings. The van der Waals surface area contributed by atoms with Crippen molar-refractivity contribution in [2.75, 3.05) is 0 Å². The molecular weight excluding hydrogens is 226 g/mol. The second-order valence-corrected chi connectivity index (χ2v) is 3.76. The van der Waals surface area contributed by atoms with Crippen LogP contribution in [0.1, 0.15) is 21.6 Å². The molecule has 0 fully saturated rings. The maximum absolute atomic E-state index is 13.0. The Balaban J connectivity index is 2.44. The third-order valence-electron chi connectivity index (χ3n) is 2.44. The monoisotopic (exact) mass is 236 g/mol. The van der Waals surface area contributed by atoms with E-state index in [4.69, 9.17) is 0 Å². The molecule has 17 heavy (non-hydrogen) atoms. The second kappa shape index (κ2) is 4.08. The summed E-state index contributed by atoms with van der Waals surface area (Å²) in [5.74, 6) is -2.36. The fraction of sp³-hybridized carbons (Fsp3) is 0.167. The minimum atomic E-state index is -1.03. The van der Waals surface area contributed by atoms with Crippen LogP contribution < -0.4 is 0 Å². The molecule has 0 unspecified atom stereocenters. The Hall–Kier alpha value is -2.04. The molecule has 5 heteroatoms. The number of aromatic nitrogens is 2. The lowest BCUT2D eigenvalue weighted by Gasteiger charge is -2.00. The molecule has 0 aliphatic carbocycles. The summed E-state index contributed by atoms with van der Waals surface area (Å²) in [6.07, 6.45) is 1.55. The predicted octanol–water partition coefficient (Wildman–Crippen LogP) is 2.24. The number of ketones is 1. The van der Waals surface area contributed by atoms with Gasteiger partial charge in [-0.15, -0.1) is 0 Å². The molecule has 1 aromatic carbocycles. The van der Waals surface area contributed by atoms with Gasteiger partial charge in [0.1, 0.15) is 0 Å². The summed E-state index contributed by atoms with van der Waals surface area (Å²) in [6, 6.07) is 3.09. The minimum absolute atomic E-state index is 0.111. The number of aryl methyl sites for hydroxylation is 2. The normalized spacial score (nSPS) is 10.6. The predicted molar refractivity (Wildman–Crippen MR) is 57.7 cm³/mol. The first kappa shape index (κ1) is 11.4. The van der Waals surface area contributed by atoms with Gasteiger partial charge in [-0.3, -0.25) is 9.48 Å². The highest BCUT2D eigenvalue weighted by molar-refractivity contribution is 6.09. The molecule has 0 bridgehead atoms. The van der Waals surface area contributed by atoms with Crippen molar-refractivity contribution in [3.8, 4) is 0 Å². The summed E-state index contributed by atoms with van der Waals surface area (Å²) >= 11 is 0. The number of carbonyl (C=O) groups excluding carboxylic acids is 1. The number of benzene rings is 1. The third kappa shape index (κ3) is 2.08. The fourth-order valence-corrected chi connectivity index (χ4v) is 1.62. The topological polar surface area (TPSA) is 34.9 Å². The Bertz CT molecular complexity index is 590. The van der Waals surface area contributed by atoms with Gasteiger partial charge in [0, 0.05) is 18.8 Å². The van der Waals surface area contributed by atoms with Crippen molar-refractivity contribution in [1.82, 2.24) is 9.78 Å². The second-order valence-electron chi connectivity index (χ2n) is 3.76. The lowest BCUT2D eigenvalue weighted by Crippen LogP contribution is -2.03. The van der Waals surface area contributed by atoms with E-state index >= 15 is 0 Å². The third-order valence-corrected chi connectivity index (χ3v) is 2.44. The van der Waals surface area contributed by atoms with E-state index in [9.17, 15) is 13.6 Å². The molecule has 0 aliphatic heterocycles.